The molecule has 0 aromatic heterocycles. The summed E-state index contributed by atoms with van der Waals surface area (Å²) in [5.41, 5.74) is 2.61. The molecule has 1 heterocycles. The zero-order chi connectivity index (χ0) is 10.8. The molecule has 0 bridgehead atoms. The zero-order valence-corrected chi connectivity index (χ0v) is 9.64. The van der Waals surface area contributed by atoms with E-state index < -0.39 is 0 Å². The number of rotatable bonds is 1. The van der Waals surface area contributed by atoms with E-state index in [4.69, 9.17) is 0 Å². The van der Waals surface area contributed by atoms with Gasteiger partial charge < -0.3 is 0 Å². The molecule has 2 heteroatoms. The number of benzene rings is 1. The Labute approximate surface area is 91.6 Å². The highest BCUT2D eigenvalue weighted by Gasteiger charge is 2.24. The summed E-state index contributed by atoms with van der Waals surface area (Å²) >= 11 is 0. The second-order valence-electron chi connectivity index (χ2n) is 4.36. The lowest BCUT2D eigenvalue weighted by molar-refractivity contribution is 0.237. The Morgan fingerprint density at radius 2 is 1.93 bits per heavy atom. The Kier molecular flexibility index (Phi) is 2.76. The van der Waals surface area contributed by atoms with Gasteiger partial charge in [0.1, 0.15) is 0 Å². The first-order chi connectivity index (χ1) is 7.18. The van der Waals surface area contributed by atoms with E-state index in [0.29, 0.717) is 12.0 Å². The van der Waals surface area contributed by atoms with Crippen LogP contribution >= 0.6 is 0 Å². The Morgan fingerprint density at radius 3 is 2.60 bits per heavy atom. The molecule has 0 unspecified atom stereocenters. The van der Waals surface area contributed by atoms with Gasteiger partial charge >= 0.3 is 0 Å². The highest BCUT2D eigenvalue weighted by molar-refractivity contribution is 5.89. The molecule has 0 fully saturated rings. The topological polar surface area (TPSA) is 15.6 Å². The predicted octanol–water partition coefficient (Wildman–Crippen LogP) is 2.87. The standard InChI is InChI=1S/C13H18N2/c1-10-9-13(11(2)14-15(10)3)12-7-5-4-6-8-12/h4-8,10,13H,9H2,1-3H3/t10-,13+/m0/s1. The van der Waals surface area contributed by atoms with Crippen molar-refractivity contribution in [2.24, 2.45) is 5.10 Å². The van der Waals surface area contributed by atoms with E-state index >= 15 is 0 Å². The first-order valence-electron chi connectivity index (χ1n) is 5.51. The summed E-state index contributed by atoms with van der Waals surface area (Å²) in [6.07, 6.45) is 1.16. The van der Waals surface area contributed by atoms with Gasteiger partial charge in [0, 0.05) is 24.7 Å². The van der Waals surface area contributed by atoms with Crippen LogP contribution in [0.5, 0.6) is 0 Å². The first-order valence-corrected chi connectivity index (χ1v) is 5.51. The van der Waals surface area contributed by atoms with E-state index in [9.17, 15) is 0 Å². The third kappa shape index (κ3) is 2.04. The van der Waals surface area contributed by atoms with Crippen molar-refractivity contribution >= 4 is 5.71 Å². The van der Waals surface area contributed by atoms with Crippen molar-refractivity contribution < 1.29 is 0 Å². The van der Waals surface area contributed by atoms with Gasteiger partial charge in [-0.1, -0.05) is 30.3 Å². The maximum absolute atomic E-state index is 4.57. The molecule has 0 amide bonds. The molecule has 2 atom stereocenters. The van der Waals surface area contributed by atoms with E-state index in [1.165, 1.54) is 11.3 Å². The monoisotopic (exact) mass is 202 g/mol. The molecule has 15 heavy (non-hydrogen) atoms. The molecule has 0 N–H and O–H groups in total. The lowest BCUT2D eigenvalue weighted by Gasteiger charge is -2.33. The number of hydrogen-bond acceptors (Lipinski definition) is 2. The van der Waals surface area contributed by atoms with Crippen LogP contribution in [0.1, 0.15) is 31.7 Å². The fraction of sp³-hybridized carbons (Fsp3) is 0.462. The minimum absolute atomic E-state index is 0.498. The number of hydrazone groups is 1. The number of nitrogens with zero attached hydrogens (tertiary/aromatic N) is 2. The van der Waals surface area contributed by atoms with E-state index in [0.717, 1.165) is 6.42 Å². The normalized spacial score (nSPS) is 26.3. The highest BCUT2D eigenvalue weighted by atomic mass is 15.5. The summed E-state index contributed by atoms with van der Waals surface area (Å²) in [7, 11) is 2.05. The fourth-order valence-corrected chi connectivity index (χ4v) is 2.14. The molecule has 0 aliphatic carbocycles. The van der Waals surface area contributed by atoms with Crippen LogP contribution in [0.25, 0.3) is 0 Å². The molecule has 0 radical (unpaired) electrons. The Morgan fingerprint density at radius 1 is 1.27 bits per heavy atom. The van der Waals surface area contributed by atoms with Gasteiger partial charge in [-0.3, -0.25) is 5.01 Å². The van der Waals surface area contributed by atoms with Crippen LogP contribution in [0.3, 0.4) is 0 Å². The zero-order valence-electron chi connectivity index (χ0n) is 9.64. The second-order valence-corrected chi connectivity index (χ2v) is 4.36. The summed E-state index contributed by atoms with van der Waals surface area (Å²) in [6.45, 7) is 4.35. The predicted molar refractivity (Wildman–Crippen MR) is 64.1 cm³/mol. The van der Waals surface area contributed by atoms with E-state index in [1.54, 1.807) is 0 Å². The van der Waals surface area contributed by atoms with Crippen LogP contribution in [-0.2, 0) is 0 Å². The van der Waals surface area contributed by atoms with Crippen molar-refractivity contribution in [3.63, 3.8) is 0 Å². The Hall–Kier alpha value is -1.31. The first kappa shape index (κ1) is 10.2. The quantitative estimate of drug-likeness (QED) is 0.683. The molecule has 2 nitrogen and oxygen atoms in total. The van der Waals surface area contributed by atoms with Crippen LogP contribution in [0.2, 0.25) is 0 Å². The molecular formula is C13H18N2. The van der Waals surface area contributed by atoms with Crippen molar-refractivity contribution in [2.45, 2.75) is 32.2 Å². The van der Waals surface area contributed by atoms with Gasteiger partial charge in [0.2, 0.25) is 0 Å². The second kappa shape index (κ2) is 4.05. The third-order valence-corrected chi connectivity index (χ3v) is 3.24. The van der Waals surface area contributed by atoms with Crippen LogP contribution in [0.15, 0.2) is 35.4 Å². The molecular weight excluding hydrogens is 184 g/mol. The van der Waals surface area contributed by atoms with Gasteiger partial charge in [-0.2, -0.15) is 5.10 Å². The lowest BCUT2D eigenvalue weighted by Crippen LogP contribution is -2.34. The van der Waals surface area contributed by atoms with Crippen molar-refractivity contribution in [2.75, 3.05) is 7.05 Å². The van der Waals surface area contributed by atoms with Crippen molar-refractivity contribution in [3.05, 3.63) is 35.9 Å². The molecule has 80 valence electrons. The maximum Gasteiger partial charge on any atom is 0.0448 e. The molecule has 0 saturated carbocycles. The van der Waals surface area contributed by atoms with E-state index in [2.05, 4.69) is 61.3 Å². The summed E-state index contributed by atoms with van der Waals surface area (Å²) in [5.74, 6) is 0.498. The van der Waals surface area contributed by atoms with Gasteiger partial charge in [0.05, 0.1) is 0 Å². The molecule has 0 saturated heterocycles. The Balaban J connectivity index is 2.28. The van der Waals surface area contributed by atoms with Crippen LogP contribution in [0.4, 0.5) is 0 Å². The SMILES string of the molecule is CC1=NN(C)[C@@H](C)C[C@H]1c1ccccc1. The average Bonchev–Trinajstić information content (AvgIpc) is 2.25. The number of hydrogen-bond donors (Lipinski definition) is 0. The average molecular weight is 202 g/mol. The van der Waals surface area contributed by atoms with Gasteiger partial charge in [-0.15, -0.1) is 0 Å². The minimum atomic E-state index is 0.498. The van der Waals surface area contributed by atoms with Gasteiger partial charge in [-0.25, -0.2) is 0 Å². The molecule has 1 aliphatic heterocycles. The minimum Gasteiger partial charge on any atom is -0.297 e. The Bertz CT molecular complexity index is 356. The fourth-order valence-electron chi connectivity index (χ4n) is 2.14. The van der Waals surface area contributed by atoms with Crippen molar-refractivity contribution in [1.82, 2.24) is 5.01 Å². The third-order valence-electron chi connectivity index (χ3n) is 3.24. The van der Waals surface area contributed by atoms with Gasteiger partial charge in [-0.05, 0) is 25.8 Å². The summed E-state index contributed by atoms with van der Waals surface area (Å²) < 4.78 is 0. The molecule has 1 aromatic carbocycles. The highest BCUT2D eigenvalue weighted by Crippen LogP contribution is 2.28. The smallest absolute Gasteiger partial charge is 0.0448 e. The largest absolute Gasteiger partial charge is 0.297 e. The van der Waals surface area contributed by atoms with Crippen molar-refractivity contribution in [1.29, 1.82) is 0 Å². The molecule has 1 aromatic rings. The molecule has 0 spiro atoms. The maximum atomic E-state index is 4.57. The van der Waals surface area contributed by atoms with E-state index in [1.807, 2.05) is 0 Å². The van der Waals surface area contributed by atoms with Gasteiger partial charge in [0.25, 0.3) is 0 Å². The van der Waals surface area contributed by atoms with Crippen LogP contribution < -0.4 is 0 Å². The summed E-state index contributed by atoms with van der Waals surface area (Å²) in [5, 5.41) is 6.64. The van der Waals surface area contributed by atoms with E-state index in [-0.39, 0.29) is 0 Å². The summed E-state index contributed by atoms with van der Waals surface area (Å²) in [4.78, 5) is 0. The molecule has 1 aliphatic rings. The lowest BCUT2D eigenvalue weighted by atomic mass is 9.88. The van der Waals surface area contributed by atoms with Gasteiger partial charge in [0.15, 0.2) is 0 Å². The van der Waals surface area contributed by atoms with Crippen molar-refractivity contribution in [3.8, 4) is 0 Å². The molecule has 2 rings (SSSR count). The summed E-state index contributed by atoms with van der Waals surface area (Å²) in [6, 6.07) is 11.2. The van der Waals surface area contributed by atoms with Crippen LogP contribution in [0, 0.1) is 0 Å². The van der Waals surface area contributed by atoms with Crippen LogP contribution in [-0.4, -0.2) is 23.8 Å².